The lowest BCUT2D eigenvalue weighted by atomic mass is 9.80. The number of hydroxylamine groups is 2. The van der Waals surface area contributed by atoms with E-state index in [4.69, 9.17) is 9.57 Å². The predicted molar refractivity (Wildman–Crippen MR) is 109 cm³/mol. The SMILES string of the molecule is CC(ON1C(C)(C)CC(OC(=O)c2ccccn2)CC1(C)C)c1ccccc1. The minimum atomic E-state index is -0.371. The van der Waals surface area contributed by atoms with E-state index in [1.165, 1.54) is 0 Å². The van der Waals surface area contributed by atoms with Gasteiger partial charge in [0, 0.05) is 30.1 Å². The molecule has 0 N–H and O–H groups in total. The number of hydrogen-bond donors (Lipinski definition) is 0. The van der Waals surface area contributed by atoms with E-state index in [0.717, 1.165) is 5.56 Å². The molecule has 0 spiro atoms. The molecule has 1 aliphatic rings. The lowest BCUT2D eigenvalue weighted by Crippen LogP contribution is -2.62. The number of carbonyl (C=O) groups excluding carboxylic acids is 1. The average Bonchev–Trinajstić information content (AvgIpc) is 2.65. The Labute approximate surface area is 167 Å². The summed E-state index contributed by atoms with van der Waals surface area (Å²) in [5.41, 5.74) is 0.895. The number of ether oxygens (including phenoxy) is 1. The Morgan fingerprint density at radius 2 is 1.64 bits per heavy atom. The molecule has 1 aliphatic heterocycles. The van der Waals surface area contributed by atoms with Crippen LogP contribution < -0.4 is 0 Å². The number of benzene rings is 1. The van der Waals surface area contributed by atoms with Gasteiger partial charge in [-0.05, 0) is 52.3 Å². The molecular formula is C23H30N2O3. The van der Waals surface area contributed by atoms with Gasteiger partial charge in [-0.3, -0.25) is 4.84 Å². The topological polar surface area (TPSA) is 51.7 Å². The second kappa shape index (κ2) is 8.02. The Hall–Kier alpha value is -2.24. The highest BCUT2D eigenvalue weighted by Crippen LogP contribution is 2.41. The fraction of sp³-hybridized carbons (Fsp3) is 0.478. The van der Waals surface area contributed by atoms with Gasteiger partial charge in [-0.25, -0.2) is 9.78 Å². The fourth-order valence-electron chi connectivity index (χ4n) is 4.18. The summed E-state index contributed by atoms with van der Waals surface area (Å²) in [5, 5.41) is 2.09. The van der Waals surface area contributed by atoms with Crippen molar-refractivity contribution in [3.63, 3.8) is 0 Å². The molecule has 0 bridgehead atoms. The molecule has 28 heavy (non-hydrogen) atoms. The van der Waals surface area contributed by atoms with Crippen molar-refractivity contribution in [2.75, 3.05) is 0 Å². The van der Waals surface area contributed by atoms with Crippen LogP contribution in [-0.2, 0) is 9.57 Å². The molecule has 0 amide bonds. The first-order valence-electron chi connectivity index (χ1n) is 9.83. The molecule has 1 unspecified atom stereocenters. The normalized spacial score (nSPS) is 20.5. The number of pyridine rings is 1. The monoisotopic (exact) mass is 382 g/mol. The summed E-state index contributed by atoms with van der Waals surface area (Å²) < 4.78 is 5.80. The lowest BCUT2D eigenvalue weighted by molar-refractivity contribution is -0.313. The van der Waals surface area contributed by atoms with Gasteiger partial charge in [-0.15, -0.1) is 0 Å². The van der Waals surface area contributed by atoms with Gasteiger partial charge in [0.05, 0.1) is 0 Å². The summed E-state index contributed by atoms with van der Waals surface area (Å²) in [6.07, 6.45) is 2.73. The van der Waals surface area contributed by atoms with Gasteiger partial charge in [0.25, 0.3) is 0 Å². The first-order valence-corrected chi connectivity index (χ1v) is 9.83. The zero-order valence-corrected chi connectivity index (χ0v) is 17.4. The Kier molecular flexibility index (Phi) is 5.87. The fourth-order valence-corrected chi connectivity index (χ4v) is 4.18. The molecule has 0 aliphatic carbocycles. The Balaban J connectivity index is 1.71. The summed E-state index contributed by atoms with van der Waals surface area (Å²) in [7, 11) is 0. The molecule has 1 atom stereocenters. The van der Waals surface area contributed by atoms with E-state index in [9.17, 15) is 4.79 Å². The third-order valence-corrected chi connectivity index (χ3v) is 5.23. The van der Waals surface area contributed by atoms with E-state index in [2.05, 4.69) is 56.8 Å². The molecule has 1 aromatic heterocycles. The highest BCUT2D eigenvalue weighted by molar-refractivity contribution is 5.87. The maximum Gasteiger partial charge on any atom is 0.357 e. The predicted octanol–water partition coefficient (Wildman–Crippen LogP) is 4.95. The van der Waals surface area contributed by atoms with Gasteiger partial charge in [0.2, 0.25) is 0 Å². The van der Waals surface area contributed by atoms with Crippen molar-refractivity contribution in [2.24, 2.45) is 0 Å². The van der Waals surface area contributed by atoms with E-state index in [1.54, 1.807) is 24.4 Å². The summed E-state index contributed by atoms with van der Waals surface area (Å²) in [4.78, 5) is 23.0. The maximum absolute atomic E-state index is 12.4. The number of aromatic nitrogens is 1. The minimum Gasteiger partial charge on any atom is -0.458 e. The van der Waals surface area contributed by atoms with E-state index in [1.807, 2.05) is 18.2 Å². The third-order valence-electron chi connectivity index (χ3n) is 5.23. The van der Waals surface area contributed by atoms with Crippen LogP contribution in [0.4, 0.5) is 0 Å². The molecule has 1 saturated heterocycles. The van der Waals surface area contributed by atoms with Gasteiger partial charge in [0.1, 0.15) is 17.9 Å². The number of rotatable bonds is 5. The third kappa shape index (κ3) is 4.59. The smallest absolute Gasteiger partial charge is 0.357 e. The second-order valence-corrected chi connectivity index (χ2v) is 8.73. The zero-order chi connectivity index (χ0) is 20.4. The van der Waals surface area contributed by atoms with E-state index < -0.39 is 0 Å². The van der Waals surface area contributed by atoms with Crippen LogP contribution in [0.15, 0.2) is 54.7 Å². The van der Waals surface area contributed by atoms with Crippen LogP contribution in [0.25, 0.3) is 0 Å². The first kappa shape index (κ1) is 20.5. The second-order valence-electron chi connectivity index (χ2n) is 8.73. The summed E-state index contributed by atoms with van der Waals surface area (Å²) in [5.74, 6) is -0.371. The number of esters is 1. The van der Waals surface area contributed by atoms with Gasteiger partial charge < -0.3 is 4.74 Å². The van der Waals surface area contributed by atoms with Crippen molar-refractivity contribution in [1.29, 1.82) is 0 Å². The number of carbonyl (C=O) groups is 1. The van der Waals surface area contributed by atoms with Crippen molar-refractivity contribution in [2.45, 2.75) is 70.7 Å². The first-order chi connectivity index (χ1) is 13.2. The Morgan fingerprint density at radius 1 is 1.04 bits per heavy atom. The van der Waals surface area contributed by atoms with E-state index in [0.29, 0.717) is 18.5 Å². The average molecular weight is 383 g/mol. The summed E-state index contributed by atoms with van der Waals surface area (Å²) >= 11 is 0. The van der Waals surface area contributed by atoms with E-state index in [-0.39, 0.29) is 29.3 Å². The van der Waals surface area contributed by atoms with Crippen molar-refractivity contribution >= 4 is 5.97 Å². The molecule has 0 saturated carbocycles. The molecule has 1 aromatic carbocycles. The van der Waals surface area contributed by atoms with Crippen LogP contribution >= 0.6 is 0 Å². The molecule has 2 heterocycles. The molecule has 5 nitrogen and oxygen atoms in total. The number of hydrogen-bond acceptors (Lipinski definition) is 5. The number of piperidine rings is 1. The quantitative estimate of drug-likeness (QED) is 0.685. The standard InChI is InChI=1S/C23H30N2O3/c1-17(18-11-7-6-8-12-18)28-25-22(2,3)15-19(16-23(25,4)5)27-21(26)20-13-9-10-14-24-20/h6-14,17,19H,15-16H2,1-5H3. The molecule has 1 fully saturated rings. The molecule has 5 heteroatoms. The van der Waals surface area contributed by atoms with Crippen molar-refractivity contribution in [1.82, 2.24) is 10.0 Å². The van der Waals surface area contributed by atoms with Gasteiger partial charge >= 0.3 is 5.97 Å². The molecule has 150 valence electrons. The van der Waals surface area contributed by atoms with Crippen LogP contribution in [0.5, 0.6) is 0 Å². The maximum atomic E-state index is 12.4. The van der Waals surface area contributed by atoms with Gasteiger partial charge in [0.15, 0.2) is 0 Å². The van der Waals surface area contributed by atoms with Gasteiger partial charge in [-0.1, -0.05) is 36.4 Å². The Morgan fingerprint density at radius 3 is 2.21 bits per heavy atom. The Bertz CT molecular complexity index is 772. The molecular weight excluding hydrogens is 352 g/mol. The van der Waals surface area contributed by atoms with Crippen molar-refractivity contribution < 1.29 is 14.4 Å². The molecule has 3 rings (SSSR count). The summed E-state index contributed by atoms with van der Waals surface area (Å²) in [6.45, 7) is 10.6. The number of nitrogens with zero attached hydrogens (tertiary/aromatic N) is 2. The largest absolute Gasteiger partial charge is 0.458 e. The van der Waals surface area contributed by atoms with Crippen LogP contribution in [0.3, 0.4) is 0 Å². The van der Waals surface area contributed by atoms with Crippen LogP contribution in [0.1, 0.15) is 69.6 Å². The lowest BCUT2D eigenvalue weighted by Gasteiger charge is -2.54. The minimum absolute atomic E-state index is 0.0626. The van der Waals surface area contributed by atoms with E-state index >= 15 is 0 Å². The van der Waals surface area contributed by atoms with Crippen LogP contribution in [0.2, 0.25) is 0 Å². The molecule has 0 radical (unpaired) electrons. The zero-order valence-electron chi connectivity index (χ0n) is 17.4. The van der Waals surface area contributed by atoms with Crippen LogP contribution in [0, 0.1) is 0 Å². The highest BCUT2D eigenvalue weighted by Gasteiger charge is 2.48. The van der Waals surface area contributed by atoms with Gasteiger partial charge in [-0.2, -0.15) is 5.06 Å². The van der Waals surface area contributed by atoms with Crippen LogP contribution in [-0.4, -0.2) is 33.2 Å². The highest BCUT2D eigenvalue weighted by atomic mass is 16.7. The summed E-state index contributed by atoms with van der Waals surface area (Å²) in [6, 6.07) is 15.5. The van der Waals surface area contributed by atoms with Crippen molar-refractivity contribution in [3.8, 4) is 0 Å². The van der Waals surface area contributed by atoms with Crippen molar-refractivity contribution in [3.05, 3.63) is 66.0 Å². The molecule has 2 aromatic rings.